The predicted molar refractivity (Wildman–Crippen MR) is 109 cm³/mol. The first-order chi connectivity index (χ1) is 11.8. The largest absolute Gasteiger partial charge is 0.342 e. The molecule has 2 N–H and O–H groups in total. The maximum atomic E-state index is 12.9. The third kappa shape index (κ3) is 4.18. The Balaban J connectivity index is 0.00000243. The van der Waals surface area contributed by atoms with E-state index in [1.54, 1.807) is 16.7 Å². The van der Waals surface area contributed by atoms with E-state index in [0.29, 0.717) is 26.1 Å². The monoisotopic (exact) mass is 397 g/mol. The van der Waals surface area contributed by atoms with Gasteiger partial charge in [0.1, 0.15) is 0 Å². The molecule has 0 bridgehead atoms. The summed E-state index contributed by atoms with van der Waals surface area (Å²) in [5, 5.41) is 0. The SMILES string of the molecule is CSc1cccc(N2CC(C(=O)N3CCC(N)C(C)(C)C3)CC2=O)c1.Cl. The van der Waals surface area contributed by atoms with Crippen LogP contribution in [0, 0.1) is 11.3 Å². The summed E-state index contributed by atoms with van der Waals surface area (Å²) in [5.74, 6) is -0.128. The highest BCUT2D eigenvalue weighted by Gasteiger charge is 2.41. The third-order valence-electron chi connectivity index (χ3n) is 5.46. The lowest BCUT2D eigenvalue weighted by Gasteiger charge is -2.43. The number of amides is 2. The van der Waals surface area contributed by atoms with Gasteiger partial charge in [-0.2, -0.15) is 0 Å². The highest BCUT2D eigenvalue weighted by Crippen LogP contribution is 2.32. The lowest BCUT2D eigenvalue weighted by molar-refractivity contribution is -0.139. The molecule has 2 amide bonds. The number of nitrogens with zero attached hydrogens (tertiary/aromatic N) is 2. The van der Waals surface area contributed by atoms with Gasteiger partial charge in [-0.05, 0) is 36.3 Å². The van der Waals surface area contributed by atoms with Crippen LogP contribution in [0.15, 0.2) is 29.2 Å². The van der Waals surface area contributed by atoms with Gasteiger partial charge in [0.25, 0.3) is 0 Å². The van der Waals surface area contributed by atoms with Gasteiger partial charge in [-0.1, -0.05) is 19.9 Å². The number of rotatable bonds is 3. The number of halogens is 1. The molecule has 2 atom stereocenters. The molecular formula is C19H28ClN3O2S. The minimum Gasteiger partial charge on any atom is -0.342 e. The van der Waals surface area contributed by atoms with Crippen LogP contribution in [-0.4, -0.2) is 48.6 Å². The van der Waals surface area contributed by atoms with Gasteiger partial charge in [-0.15, -0.1) is 24.2 Å². The zero-order chi connectivity index (χ0) is 18.2. The minimum atomic E-state index is -0.254. The summed E-state index contributed by atoms with van der Waals surface area (Å²) in [6.45, 7) is 6.04. The molecule has 3 rings (SSSR count). The first-order valence-corrected chi connectivity index (χ1v) is 10.0. The van der Waals surface area contributed by atoms with Crippen molar-refractivity contribution in [1.82, 2.24) is 4.90 Å². The van der Waals surface area contributed by atoms with Gasteiger partial charge < -0.3 is 15.5 Å². The molecule has 5 nitrogen and oxygen atoms in total. The van der Waals surface area contributed by atoms with Crippen LogP contribution in [0.5, 0.6) is 0 Å². The van der Waals surface area contributed by atoms with Gasteiger partial charge >= 0.3 is 0 Å². The molecule has 7 heteroatoms. The van der Waals surface area contributed by atoms with E-state index in [1.165, 1.54) is 0 Å². The fourth-order valence-electron chi connectivity index (χ4n) is 3.72. The molecular weight excluding hydrogens is 370 g/mol. The van der Waals surface area contributed by atoms with Crippen molar-refractivity contribution < 1.29 is 9.59 Å². The van der Waals surface area contributed by atoms with Crippen molar-refractivity contribution in [3.8, 4) is 0 Å². The van der Waals surface area contributed by atoms with Crippen molar-refractivity contribution in [3.05, 3.63) is 24.3 Å². The van der Waals surface area contributed by atoms with Crippen LogP contribution in [0.25, 0.3) is 0 Å². The number of carbonyl (C=O) groups excluding carboxylic acids is 2. The molecule has 2 heterocycles. The Morgan fingerprint density at radius 2 is 2.08 bits per heavy atom. The second-order valence-corrected chi connectivity index (χ2v) is 8.63. The average Bonchev–Trinajstić information content (AvgIpc) is 2.98. The number of carbonyl (C=O) groups is 2. The second kappa shape index (κ2) is 8.19. The molecule has 2 unspecified atom stereocenters. The number of piperidine rings is 1. The van der Waals surface area contributed by atoms with Crippen molar-refractivity contribution in [2.75, 3.05) is 30.8 Å². The smallest absolute Gasteiger partial charge is 0.228 e. The Hall–Kier alpha value is -1.24. The Bertz CT molecular complexity index is 683. The lowest BCUT2D eigenvalue weighted by atomic mass is 9.79. The number of anilines is 1. The topological polar surface area (TPSA) is 66.6 Å². The van der Waals surface area contributed by atoms with Gasteiger partial charge in [-0.3, -0.25) is 9.59 Å². The van der Waals surface area contributed by atoms with Gasteiger partial charge in [0.05, 0.1) is 5.92 Å². The van der Waals surface area contributed by atoms with Crippen LogP contribution in [-0.2, 0) is 9.59 Å². The molecule has 2 fully saturated rings. The zero-order valence-electron chi connectivity index (χ0n) is 15.6. The summed E-state index contributed by atoms with van der Waals surface area (Å²) < 4.78 is 0. The minimum absolute atomic E-state index is 0. The molecule has 144 valence electrons. The Labute approximate surface area is 166 Å². The zero-order valence-corrected chi connectivity index (χ0v) is 17.2. The standard InChI is InChI=1S/C19H27N3O2S.ClH/c1-19(2)12-21(8-7-16(19)20)18(24)13-9-17(23)22(11-13)14-5-4-6-15(10-14)25-3;/h4-6,10,13,16H,7-9,11-12,20H2,1-3H3;1H. The number of likely N-dealkylation sites (tertiary alicyclic amines) is 1. The van der Waals surface area contributed by atoms with Gasteiger partial charge in [0, 0.05) is 42.7 Å². The van der Waals surface area contributed by atoms with E-state index in [1.807, 2.05) is 35.4 Å². The molecule has 0 saturated carbocycles. The fraction of sp³-hybridized carbons (Fsp3) is 0.579. The van der Waals surface area contributed by atoms with Crippen molar-refractivity contribution in [2.45, 2.75) is 37.6 Å². The van der Waals surface area contributed by atoms with E-state index >= 15 is 0 Å². The highest BCUT2D eigenvalue weighted by atomic mass is 35.5. The van der Waals surface area contributed by atoms with E-state index < -0.39 is 0 Å². The number of nitrogens with two attached hydrogens (primary N) is 1. The van der Waals surface area contributed by atoms with Crippen molar-refractivity contribution in [1.29, 1.82) is 0 Å². The molecule has 1 aromatic carbocycles. The summed E-state index contributed by atoms with van der Waals surface area (Å²) >= 11 is 1.65. The van der Waals surface area contributed by atoms with Crippen LogP contribution < -0.4 is 10.6 Å². The van der Waals surface area contributed by atoms with Crippen LogP contribution in [0.3, 0.4) is 0 Å². The van der Waals surface area contributed by atoms with Gasteiger partial charge in [0.15, 0.2) is 0 Å². The summed E-state index contributed by atoms with van der Waals surface area (Å²) in [6, 6.07) is 8.05. The maximum Gasteiger partial charge on any atom is 0.228 e. The van der Waals surface area contributed by atoms with Gasteiger partial charge in [-0.25, -0.2) is 0 Å². The molecule has 2 aliphatic heterocycles. The van der Waals surface area contributed by atoms with Crippen molar-refractivity contribution >= 4 is 41.7 Å². The van der Waals surface area contributed by atoms with Crippen LogP contribution >= 0.6 is 24.2 Å². The van der Waals surface area contributed by atoms with Crippen molar-refractivity contribution in [3.63, 3.8) is 0 Å². The fourth-order valence-corrected chi connectivity index (χ4v) is 4.17. The maximum absolute atomic E-state index is 12.9. The first kappa shape index (κ1) is 21.1. The summed E-state index contributed by atoms with van der Waals surface area (Å²) in [7, 11) is 0. The second-order valence-electron chi connectivity index (χ2n) is 7.75. The first-order valence-electron chi connectivity index (χ1n) is 8.80. The van der Waals surface area contributed by atoms with E-state index in [9.17, 15) is 9.59 Å². The highest BCUT2D eigenvalue weighted by molar-refractivity contribution is 7.98. The van der Waals surface area contributed by atoms with Crippen LogP contribution in [0.1, 0.15) is 26.7 Å². The lowest BCUT2D eigenvalue weighted by Crippen LogP contribution is -2.55. The summed E-state index contributed by atoms with van der Waals surface area (Å²) in [4.78, 5) is 30.2. The Morgan fingerprint density at radius 1 is 1.35 bits per heavy atom. The molecule has 26 heavy (non-hydrogen) atoms. The molecule has 2 aliphatic rings. The molecule has 0 radical (unpaired) electrons. The van der Waals surface area contributed by atoms with E-state index in [4.69, 9.17) is 5.73 Å². The quantitative estimate of drug-likeness (QED) is 0.796. The van der Waals surface area contributed by atoms with Crippen LogP contribution in [0.4, 0.5) is 5.69 Å². The summed E-state index contributed by atoms with van der Waals surface area (Å²) in [6.07, 6.45) is 3.13. The Kier molecular flexibility index (Phi) is 6.64. The van der Waals surface area contributed by atoms with Crippen LogP contribution in [0.2, 0.25) is 0 Å². The average molecular weight is 398 g/mol. The molecule has 0 spiro atoms. The number of hydrogen-bond donors (Lipinski definition) is 1. The summed E-state index contributed by atoms with van der Waals surface area (Å²) in [5.41, 5.74) is 6.98. The Morgan fingerprint density at radius 3 is 2.73 bits per heavy atom. The predicted octanol–water partition coefficient (Wildman–Crippen LogP) is 2.77. The molecule has 0 aliphatic carbocycles. The molecule has 2 saturated heterocycles. The molecule has 0 aromatic heterocycles. The van der Waals surface area contributed by atoms with Gasteiger partial charge in [0.2, 0.25) is 11.8 Å². The number of hydrogen-bond acceptors (Lipinski definition) is 4. The van der Waals surface area contributed by atoms with E-state index in [2.05, 4.69) is 13.8 Å². The van der Waals surface area contributed by atoms with E-state index in [-0.39, 0.29) is 41.6 Å². The number of thioether (sulfide) groups is 1. The molecule has 1 aromatic rings. The number of benzene rings is 1. The van der Waals surface area contributed by atoms with Crippen molar-refractivity contribution in [2.24, 2.45) is 17.1 Å². The van der Waals surface area contributed by atoms with E-state index in [0.717, 1.165) is 17.0 Å². The normalized spacial score (nSPS) is 25.2. The third-order valence-corrected chi connectivity index (χ3v) is 6.19.